The molecule has 0 saturated heterocycles. The number of aromatic amines is 2. The van der Waals surface area contributed by atoms with Crippen molar-refractivity contribution in [2.75, 3.05) is 0 Å². The van der Waals surface area contributed by atoms with Crippen molar-refractivity contribution < 1.29 is 4.79 Å². The van der Waals surface area contributed by atoms with Gasteiger partial charge in [0.25, 0.3) is 0 Å². The summed E-state index contributed by atoms with van der Waals surface area (Å²) in [7, 11) is 0. The lowest BCUT2D eigenvalue weighted by atomic mass is 9.97. The van der Waals surface area contributed by atoms with Crippen LogP contribution in [0.25, 0.3) is 114 Å². The molecule has 0 unspecified atom stereocenters. The van der Waals surface area contributed by atoms with E-state index < -0.39 is 0 Å². The monoisotopic (exact) mass is 934 g/mol. The van der Waals surface area contributed by atoms with Crippen LogP contribution in [-0.4, -0.2) is 36.2 Å². The number of aryl methyl sites for hydroxylation is 8. The Morgan fingerprint density at radius 1 is 0.375 bits per heavy atom. The molecule has 7 nitrogen and oxygen atoms in total. The highest BCUT2D eigenvalue weighted by Gasteiger charge is 2.21. The minimum atomic E-state index is 0.547. The van der Waals surface area contributed by atoms with Gasteiger partial charge in [-0.3, -0.25) is 14.8 Å². The van der Waals surface area contributed by atoms with E-state index in [0.717, 1.165) is 118 Å². The van der Waals surface area contributed by atoms with Crippen LogP contribution in [0.15, 0.2) is 128 Å². The van der Waals surface area contributed by atoms with Gasteiger partial charge in [0.2, 0.25) is 0 Å². The van der Waals surface area contributed by atoms with Crippen molar-refractivity contribution in [1.29, 1.82) is 0 Å². The third-order valence-electron chi connectivity index (χ3n) is 13.4. The van der Waals surface area contributed by atoms with Crippen molar-refractivity contribution in [2.45, 2.75) is 55.4 Å². The molecule has 2 aliphatic heterocycles. The van der Waals surface area contributed by atoms with Gasteiger partial charge in [0.15, 0.2) is 0 Å². The Bertz CT molecular complexity index is 3910. The van der Waals surface area contributed by atoms with Crippen molar-refractivity contribution in [3.05, 3.63) is 212 Å². The Balaban J connectivity index is 1.31. The molecule has 2 N–H and O–H groups in total. The lowest BCUT2D eigenvalue weighted by molar-refractivity contribution is 0.112. The van der Waals surface area contributed by atoms with Crippen LogP contribution in [0.1, 0.15) is 88.8 Å². The van der Waals surface area contributed by atoms with Crippen molar-refractivity contribution in [2.24, 2.45) is 0 Å². The number of benzene rings is 4. The van der Waals surface area contributed by atoms with E-state index in [4.69, 9.17) is 9.97 Å². The Labute approximate surface area is 420 Å². The van der Waals surface area contributed by atoms with Gasteiger partial charge in [0, 0.05) is 62.3 Å². The summed E-state index contributed by atoms with van der Waals surface area (Å²) in [5.41, 5.74) is 28.6. The second-order valence-electron chi connectivity index (χ2n) is 19.6. The number of carbonyl (C=O) groups is 1. The molecule has 72 heavy (non-hydrogen) atoms. The van der Waals surface area contributed by atoms with Crippen molar-refractivity contribution >= 4 is 64.8 Å². The van der Waals surface area contributed by atoms with Gasteiger partial charge < -0.3 is 9.97 Å². The predicted octanol–water partition coefficient (Wildman–Crippen LogP) is 16.2. The maximum atomic E-state index is 11.7. The topological polar surface area (TPSA) is 100 Å². The summed E-state index contributed by atoms with van der Waals surface area (Å²) in [6, 6.07) is 41.0. The average Bonchev–Trinajstić information content (AvgIpc) is 4.18. The van der Waals surface area contributed by atoms with Crippen LogP contribution >= 0.6 is 0 Å². The minimum absolute atomic E-state index is 0.547. The summed E-state index contributed by atoms with van der Waals surface area (Å²) in [5.74, 6) is 0. The highest BCUT2D eigenvalue weighted by molar-refractivity contribution is 6.03. The fraction of sp³-hybridized carbons (Fsp3) is 0.123. The number of pyridine rings is 2. The molecule has 4 aromatic carbocycles. The van der Waals surface area contributed by atoms with E-state index in [-0.39, 0.29) is 0 Å². The van der Waals surface area contributed by atoms with Gasteiger partial charge in [-0.1, -0.05) is 129 Å². The van der Waals surface area contributed by atoms with E-state index in [1.165, 1.54) is 33.4 Å². The minimum Gasteiger partial charge on any atom is -0.354 e. The SMILES string of the molecule is Cc1cc(C)cc(-c2c3nc(c(-c4cc(C)cc(C)c4)c4cc(/C=C/c5ccnc(-c6cc(C=O)ccn6)c5)c([nH]4)c(-c4cc(C)cc(C)c4)c4nc(c(-c5cc(C)cc(C)c5)c5ccc2[nH]5)C=C4)C=C3)c1. The zero-order valence-corrected chi connectivity index (χ0v) is 41.9. The first-order valence-corrected chi connectivity index (χ1v) is 24.4. The molecular weight excluding hydrogens is 881 g/mol. The fourth-order valence-corrected chi connectivity index (χ4v) is 10.7. The molecule has 0 atom stereocenters. The second-order valence-corrected chi connectivity index (χ2v) is 19.6. The first kappa shape index (κ1) is 45.6. The van der Waals surface area contributed by atoms with Crippen LogP contribution in [0.3, 0.4) is 0 Å². The van der Waals surface area contributed by atoms with Crippen LogP contribution in [0, 0.1) is 55.4 Å². The van der Waals surface area contributed by atoms with E-state index in [1.54, 1.807) is 24.5 Å². The quantitative estimate of drug-likeness (QED) is 0.148. The Hall–Kier alpha value is -8.81. The summed E-state index contributed by atoms with van der Waals surface area (Å²) in [5, 5.41) is 0. The van der Waals surface area contributed by atoms with Gasteiger partial charge in [-0.2, -0.15) is 0 Å². The number of hydrogen-bond acceptors (Lipinski definition) is 5. The van der Waals surface area contributed by atoms with Crippen molar-refractivity contribution in [1.82, 2.24) is 29.9 Å². The molecule has 11 rings (SSSR count). The molecule has 350 valence electrons. The zero-order valence-electron chi connectivity index (χ0n) is 41.9. The highest BCUT2D eigenvalue weighted by Crippen LogP contribution is 2.41. The van der Waals surface area contributed by atoms with E-state index in [0.29, 0.717) is 17.0 Å². The van der Waals surface area contributed by atoms with Gasteiger partial charge >= 0.3 is 0 Å². The maximum Gasteiger partial charge on any atom is 0.150 e. The van der Waals surface area contributed by atoms with Gasteiger partial charge in [-0.15, -0.1) is 0 Å². The molecule has 0 spiro atoms. The van der Waals surface area contributed by atoms with Crippen molar-refractivity contribution in [3.8, 4) is 55.9 Å². The normalized spacial score (nSPS) is 12.1. The van der Waals surface area contributed by atoms with Crippen LogP contribution in [0.4, 0.5) is 0 Å². The number of nitrogens with zero attached hydrogens (tertiary/aromatic N) is 4. The molecule has 0 saturated carbocycles. The van der Waals surface area contributed by atoms with E-state index >= 15 is 0 Å². The summed E-state index contributed by atoms with van der Waals surface area (Å²) in [6.07, 6.45) is 17.2. The third-order valence-corrected chi connectivity index (χ3v) is 13.4. The van der Waals surface area contributed by atoms with Gasteiger partial charge in [-0.05, 0) is 150 Å². The number of hydrogen-bond donors (Lipinski definition) is 2. The first-order valence-electron chi connectivity index (χ1n) is 24.4. The number of H-pyrrole nitrogens is 2. The molecule has 7 heterocycles. The molecule has 8 bridgehead atoms. The number of aromatic nitrogens is 6. The van der Waals surface area contributed by atoms with Crippen LogP contribution in [0.5, 0.6) is 0 Å². The number of rotatable bonds is 8. The number of fused-ring (bicyclic) bond motifs is 8. The Morgan fingerprint density at radius 2 is 0.750 bits per heavy atom. The molecule has 0 aliphatic carbocycles. The predicted molar refractivity (Wildman–Crippen MR) is 300 cm³/mol. The zero-order chi connectivity index (χ0) is 49.8. The molecule has 9 aromatic rings. The molecule has 2 aliphatic rings. The first-order chi connectivity index (χ1) is 34.8. The van der Waals surface area contributed by atoms with Crippen LogP contribution < -0.4 is 0 Å². The molecule has 7 heteroatoms. The number of aldehydes is 1. The highest BCUT2D eigenvalue weighted by atomic mass is 16.1. The van der Waals surface area contributed by atoms with Gasteiger partial charge in [0.1, 0.15) is 6.29 Å². The molecular formula is C65H54N6O. The van der Waals surface area contributed by atoms with E-state index in [2.05, 4.69) is 203 Å². The lowest BCUT2D eigenvalue weighted by Gasteiger charge is -2.10. The van der Waals surface area contributed by atoms with E-state index in [1.807, 2.05) is 12.1 Å². The van der Waals surface area contributed by atoms with Gasteiger partial charge in [-0.25, -0.2) is 9.97 Å². The Kier molecular flexibility index (Phi) is 11.7. The summed E-state index contributed by atoms with van der Waals surface area (Å²) >= 11 is 0. The van der Waals surface area contributed by atoms with Gasteiger partial charge in [0.05, 0.1) is 39.7 Å². The smallest absolute Gasteiger partial charge is 0.150 e. The number of carbonyl (C=O) groups excluding carboxylic acids is 1. The Morgan fingerprint density at radius 3 is 1.18 bits per heavy atom. The third kappa shape index (κ3) is 8.97. The molecule has 5 aromatic heterocycles. The summed E-state index contributed by atoms with van der Waals surface area (Å²) < 4.78 is 0. The second kappa shape index (κ2) is 18.5. The average molecular weight is 935 g/mol. The fourth-order valence-electron chi connectivity index (χ4n) is 10.7. The maximum absolute atomic E-state index is 11.7. The largest absolute Gasteiger partial charge is 0.354 e. The summed E-state index contributed by atoms with van der Waals surface area (Å²) in [4.78, 5) is 40.2. The number of nitrogens with one attached hydrogen (secondary N) is 2. The molecule has 0 fully saturated rings. The molecule has 0 radical (unpaired) electrons. The molecule has 0 amide bonds. The van der Waals surface area contributed by atoms with Crippen LogP contribution in [0.2, 0.25) is 0 Å². The van der Waals surface area contributed by atoms with Crippen molar-refractivity contribution in [3.63, 3.8) is 0 Å². The van der Waals surface area contributed by atoms with E-state index in [9.17, 15) is 4.79 Å². The standard InChI is InChI=1S/C65H54N6O/c1-37-21-38(2)26-48(25-37)61-52-11-12-53(68-52)62(49-27-39(3)22-40(4)28-49)55-15-16-57(70-55)64(51-31-43(7)24-44(8)32-51)65-47(10-9-45-17-19-66-58(33-45)59-34-46(36-72)18-20-67-59)35-60(71-65)63(56-14-13-54(61)69-56)50-29-41(5)23-42(6)30-50/h9-36,68,71H,1-8H3/b10-9+,61-52?,61-54?,62-53?,62-55?,63-56?,63-60?,64-57?,65-64?. The summed E-state index contributed by atoms with van der Waals surface area (Å²) in [6.45, 7) is 17.2. The van der Waals surface area contributed by atoms with Crippen LogP contribution in [-0.2, 0) is 0 Å². The lowest BCUT2D eigenvalue weighted by Crippen LogP contribution is -1.92.